The summed E-state index contributed by atoms with van der Waals surface area (Å²) in [6, 6.07) is 2.54. The van der Waals surface area contributed by atoms with Crippen LogP contribution in [0.2, 0.25) is 0 Å². The molecule has 4 nitrogen and oxygen atoms in total. The number of benzene rings is 1. The average molecular weight is 295 g/mol. The largest absolute Gasteiger partial charge is 0.454 e. The van der Waals surface area contributed by atoms with Gasteiger partial charge in [0.1, 0.15) is 0 Å². The van der Waals surface area contributed by atoms with Crippen LogP contribution in [0.1, 0.15) is 29.2 Å². The van der Waals surface area contributed by atoms with Crippen LogP contribution in [0.3, 0.4) is 0 Å². The molecule has 2 aliphatic heterocycles. The summed E-state index contributed by atoms with van der Waals surface area (Å²) in [4.78, 5) is 14.0. The zero-order chi connectivity index (χ0) is 14.9. The Balaban J connectivity index is 1.81. The van der Waals surface area contributed by atoms with Gasteiger partial charge in [0.25, 0.3) is 0 Å². The predicted molar refractivity (Wildman–Crippen MR) is 81.2 cm³/mol. The number of fused-ring (bicyclic) bond motifs is 3. The normalized spacial score (nSPS) is 26.8. The molecule has 1 aromatic carbocycles. The highest BCUT2D eigenvalue weighted by Gasteiger charge is 2.49. The lowest BCUT2D eigenvalue weighted by Crippen LogP contribution is -2.31. The summed E-state index contributed by atoms with van der Waals surface area (Å²) in [5, 5.41) is 0. The molecular weight excluding hydrogens is 278 g/mol. The fourth-order valence-corrected chi connectivity index (χ4v) is 4.39. The molecule has 1 spiro atoms. The van der Waals surface area contributed by atoms with Crippen molar-refractivity contribution in [1.82, 2.24) is 4.90 Å². The summed E-state index contributed by atoms with van der Waals surface area (Å²) in [5.41, 5.74) is 3.74. The highest BCUT2D eigenvalue weighted by Crippen LogP contribution is 2.58. The topological polar surface area (TPSA) is 38.8 Å². The Bertz CT molecular complexity index is 746. The molecule has 5 rings (SSSR count). The van der Waals surface area contributed by atoms with Crippen molar-refractivity contribution in [3.63, 3.8) is 0 Å². The third-order valence-electron chi connectivity index (χ3n) is 5.47. The molecule has 0 unspecified atom stereocenters. The van der Waals surface area contributed by atoms with Gasteiger partial charge in [-0.3, -0.25) is 9.69 Å². The third-order valence-corrected chi connectivity index (χ3v) is 5.47. The van der Waals surface area contributed by atoms with E-state index in [2.05, 4.69) is 30.2 Å². The van der Waals surface area contributed by atoms with Crippen molar-refractivity contribution in [2.75, 3.05) is 20.4 Å². The van der Waals surface area contributed by atoms with E-state index in [1.54, 1.807) is 12.2 Å². The minimum absolute atomic E-state index is 0.0591. The maximum Gasteiger partial charge on any atom is 0.231 e. The lowest BCUT2D eigenvalue weighted by atomic mass is 9.77. The van der Waals surface area contributed by atoms with Crippen molar-refractivity contribution in [1.29, 1.82) is 0 Å². The molecule has 0 aromatic heterocycles. The minimum Gasteiger partial charge on any atom is -0.454 e. The van der Waals surface area contributed by atoms with Gasteiger partial charge in [-0.15, -0.1) is 0 Å². The number of ketones is 1. The minimum atomic E-state index is -0.236. The summed E-state index contributed by atoms with van der Waals surface area (Å²) in [6.07, 6.45) is 9.50. The molecule has 0 N–H and O–H groups in total. The molecule has 0 saturated heterocycles. The van der Waals surface area contributed by atoms with Crippen LogP contribution in [-0.4, -0.2) is 31.1 Å². The number of ether oxygens (including phenoxy) is 2. The fourth-order valence-electron chi connectivity index (χ4n) is 4.39. The van der Waals surface area contributed by atoms with E-state index < -0.39 is 0 Å². The SMILES string of the molecule is CN1CCc2cc3c(c4c2[C@H]1CC41C=CC(=O)C=C1)OCO3. The van der Waals surface area contributed by atoms with Crippen LogP contribution in [0.5, 0.6) is 11.5 Å². The van der Waals surface area contributed by atoms with E-state index in [-0.39, 0.29) is 18.0 Å². The second-order valence-electron chi connectivity index (χ2n) is 6.62. The van der Waals surface area contributed by atoms with Crippen LogP contribution in [0.25, 0.3) is 0 Å². The molecule has 0 fully saturated rings. The fraction of sp³-hybridized carbons (Fsp3) is 0.389. The highest BCUT2D eigenvalue weighted by molar-refractivity contribution is 6.01. The maximum absolute atomic E-state index is 11.6. The van der Waals surface area contributed by atoms with Gasteiger partial charge in [0.15, 0.2) is 17.3 Å². The molecule has 2 heterocycles. The molecule has 4 heteroatoms. The quantitative estimate of drug-likeness (QED) is 0.736. The van der Waals surface area contributed by atoms with Gasteiger partial charge >= 0.3 is 0 Å². The zero-order valence-electron chi connectivity index (χ0n) is 12.5. The van der Waals surface area contributed by atoms with Crippen LogP contribution < -0.4 is 9.47 Å². The first-order valence-electron chi connectivity index (χ1n) is 7.76. The molecule has 22 heavy (non-hydrogen) atoms. The van der Waals surface area contributed by atoms with E-state index in [4.69, 9.17) is 9.47 Å². The van der Waals surface area contributed by atoms with Crippen molar-refractivity contribution in [3.8, 4) is 11.5 Å². The smallest absolute Gasteiger partial charge is 0.231 e. The Labute approximate surface area is 129 Å². The van der Waals surface area contributed by atoms with E-state index in [1.807, 2.05) is 0 Å². The van der Waals surface area contributed by atoms with Gasteiger partial charge in [-0.05, 0) is 49.2 Å². The molecule has 1 aromatic rings. The Kier molecular flexibility index (Phi) is 2.28. The van der Waals surface area contributed by atoms with Crippen molar-refractivity contribution in [2.24, 2.45) is 0 Å². The standard InChI is InChI=1S/C18H17NO3/c1-19-7-4-11-8-14-17(22-10-21-14)16-15(11)13(19)9-18(16)5-2-12(20)3-6-18/h2-3,5-6,8,13H,4,7,9-10H2,1H3/t13-/m1/s1. The van der Waals surface area contributed by atoms with Gasteiger partial charge < -0.3 is 9.47 Å². The molecule has 0 amide bonds. The summed E-state index contributed by atoms with van der Waals surface area (Å²) in [6.45, 7) is 1.34. The Hall–Kier alpha value is -2.07. The van der Waals surface area contributed by atoms with E-state index in [0.717, 1.165) is 30.9 Å². The maximum atomic E-state index is 11.6. The van der Waals surface area contributed by atoms with Crippen molar-refractivity contribution in [3.05, 3.63) is 47.1 Å². The first kappa shape index (κ1) is 12.5. The summed E-state index contributed by atoms with van der Waals surface area (Å²) in [5.74, 6) is 1.79. The van der Waals surface area contributed by atoms with Crippen LogP contribution in [0.15, 0.2) is 30.4 Å². The van der Waals surface area contributed by atoms with Gasteiger partial charge in [-0.1, -0.05) is 12.2 Å². The molecule has 0 radical (unpaired) electrons. The van der Waals surface area contributed by atoms with E-state index in [0.29, 0.717) is 6.04 Å². The summed E-state index contributed by atoms with van der Waals surface area (Å²) in [7, 11) is 2.18. The Morgan fingerprint density at radius 3 is 2.91 bits per heavy atom. The number of carbonyl (C=O) groups is 1. The van der Waals surface area contributed by atoms with Gasteiger partial charge in [0.2, 0.25) is 6.79 Å². The first-order valence-corrected chi connectivity index (χ1v) is 7.76. The molecule has 2 aliphatic carbocycles. The number of rotatable bonds is 0. The van der Waals surface area contributed by atoms with Crippen LogP contribution in [-0.2, 0) is 16.6 Å². The number of carbonyl (C=O) groups excluding carboxylic acids is 1. The van der Waals surface area contributed by atoms with E-state index in [9.17, 15) is 4.79 Å². The highest BCUT2D eigenvalue weighted by atomic mass is 16.7. The van der Waals surface area contributed by atoms with Crippen molar-refractivity contribution >= 4 is 5.78 Å². The van der Waals surface area contributed by atoms with Gasteiger partial charge in [0.05, 0.1) is 0 Å². The number of nitrogens with zero attached hydrogens (tertiary/aromatic N) is 1. The molecular formula is C18H17NO3. The van der Waals surface area contributed by atoms with Gasteiger partial charge in [-0.25, -0.2) is 0 Å². The average Bonchev–Trinajstić information content (AvgIpc) is 3.10. The van der Waals surface area contributed by atoms with E-state index in [1.165, 1.54) is 16.7 Å². The van der Waals surface area contributed by atoms with Crippen molar-refractivity contribution < 1.29 is 14.3 Å². The van der Waals surface area contributed by atoms with Crippen LogP contribution in [0, 0.1) is 0 Å². The Morgan fingerprint density at radius 2 is 2.09 bits per heavy atom. The number of hydrogen-bond donors (Lipinski definition) is 0. The number of likely N-dealkylation sites (N-methyl/N-ethyl adjacent to an activating group) is 1. The zero-order valence-corrected chi connectivity index (χ0v) is 12.5. The van der Waals surface area contributed by atoms with E-state index >= 15 is 0 Å². The molecule has 1 atom stereocenters. The number of allylic oxidation sites excluding steroid dienone is 4. The second-order valence-corrected chi connectivity index (χ2v) is 6.62. The van der Waals surface area contributed by atoms with Crippen LogP contribution >= 0.6 is 0 Å². The number of hydrogen-bond acceptors (Lipinski definition) is 4. The first-order chi connectivity index (χ1) is 10.7. The lowest BCUT2D eigenvalue weighted by molar-refractivity contribution is -0.110. The lowest BCUT2D eigenvalue weighted by Gasteiger charge is -2.32. The predicted octanol–water partition coefficient (Wildman–Crippen LogP) is 2.28. The van der Waals surface area contributed by atoms with Gasteiger partial charge in [-0.2, -0.15) is 0 Å². The monoisotopic (exact) mass is 295 g/mol. The summed E-state index contributed by atoms with van der Waals surface area (Å²) >= 11 is 0. The second kappa shape index (κ2) is 4.02. The van der Waals surface area contributed by atoms with Crippen LogP contribution in [0.4, 0.5) is 0 Å². The molecule has 0 bridgehead atoms. The molecule has 0 saturated carbocycles. The molecule has 4 aliphatic rings. The third kappa shape index (κ3) is 1.43. The van der Waals surface area contributed by atoms with Gasteiger partial charge in [0, 0.05) is 23.6 Å². The molecule has 112 valence electrons. The summed E-state index contributed by atoms with van der Waals surface area (Å²) < 4.78 is 11.5. The van der Waals surface area contributed by atoms with Crippen molar-refractivity contribution in [2.45, 2.75) is 24.3 Å². The Morgan fingerprint density at radius 1 is 1.27 bits per heavy atom.